The van der Waals surface area contributed by atoms with Gasteiger partial charge in [-0.25, -0.2) is 0 Å². The van der Waals surface area contributed by atoms with Crippen LogP contribution in [0, 0.1) is 6.92 Å². The second kappa shape index (κ2) is 3.49. The largest absolute Gasteiger partial charge is 0.274 e. The van der Waals surface area contributed by atoms with Gasteiger partial charge in [0.2, 0.25) is 0 Å². The molecule has 2 rings (SSSR count). The topological polar surface area (TPSA) is 43.6 Å². The summed E-state index contributed by atoms with van der Waals surface area (Å²) in [5.74, 6) is 0. The fourth-order valence-electron chi connectivity index (χ4n) is 1.15. The zero-order valence-electron chi connectivity index (χ0n) is 7.90. The summed E-state index contributed by atoms with van der Waals surface area (Å²) in [4.78, 5) is 8.43. The Morgan fingerprint density at radius 3 is 2.57 bits per heavy atom. The van der Waals surface area contributed by atoms with Gasteiger partial charge in [0, 0.05) is 19.4 Å². The molecule has 14 heavy (non-hydrogen) atoms. The molecule has 2 heterocycles. The van der Waals surface area contributed by atoms with Crippen molar-refractivity contribution in [1.29, 1.82) is 0 Å². The van der Waals surface area contributed by atoms with E-state index in [4.69, 9.17) is 0 Å². The maximum absolute atomic E-state index is 4.28. The molecule has 0 spiro atoms. The molecule has 5 heteroatoms. The quantitative estimate of drug-likeness (QED) is 0.780. The van der Waals surface area contributed by atoms with Crippen molar-refractivity contribution in [3.05, 3.63) is 28.8 Å². The second-order valence-corrected chi connectivity index (χ2v) is 3.90. The summed E-state index contributed by atoms with van der Waals surface area (Å²) in [5.41, 5.74) is 2.50. The zero-order chi connectivity index (χ0) is 10.1. The molecule has 0 radical (unpaired) electrons. The van der Waals surface area contributed by atoms with Crippen molar-refractivity contribution in [2.45, 2.75) is 6.92 Å². The highest BCUT2D eigenvalue weighted by atomic mass is 79.9. The molecule has 0 saturated heterocycles. The van der Waals surface area contributed by atoms with Crippen LogP contribution >= 0.6 is 15.9 Å². The fourth-order valence-corrected chi connectivity index (χ4v) is 1.73. The Bertz CT molecular complexity index is 446. The van der Waals surface area contributed by atoms with Gasteiger partial charge in [0.15, 0.2) is 0 Å². The molecular formula is C9H9BrN4. The van der Waals surface area contributed by atoms with Gasteiger partial charge in [0.1, 0.15) is 11.4 Å². The minimum Gasteiger partial charge on any atom is -0.274 e. The van der Waals surface area contributed by atoms with Crippen LogP contribution in [0.4, 0.5) is 0 Å². The van der Waals surface area contributed by atoms with Gasteiger partial charge in [-0.3, -0.25) is 14.6 Å². The minimum absolute atomic E-state index is 0.781. The van der Waals surface area contributed by atoms with Gasteiger partial charge >= 0.3 is 0 Å². The highest BCUT2D eigenvalue weighted by Gasteiger charge is 2.08. The number of rotatable bonds is 1. The van der Waals surface area contributed by atoms with E-state index >= 15 is 0 Å². The van der Waals surface area contributed by atoms with E-state index in [2.05, 4.69) is 31.0 Å². The van der Waals surface area contributed by atoms with Crippen molar-refractivity contribution in [3.63, 3.8) is 0 Å². The highest BCUT2D eigenvalue weighted by molar-refractivity contribution is 9.10. The van der Waals surface area contributed by atoms with Crippen LogP contribution in [-0.4, -0.2) is 19.7 Å². The Morgan fingerprint density at radius 2 is 2.07 bits per heavy atom. The maximum Gasteiger partial charge on any atom is 0.126 e. The summed E-state index contributed by atoms with van der Waals surface area (Å²) in [6.07, 6.45) is 5.34. The lowest BCUT2D eigenvalue weighted by Gasteiger charge is -1.96. The van der Waals surface area contributed by atoms with E-state index in [1.807, 2.05) is 20.2 Å². The summed E-state index contributed by atoms with van der Waals surface area (Å²) >= 11 is 3.42. The SMILES string of the molecule is Cc1cnc(-c2nn(C)cc2Br)cn1. The van der Waals surface area contributed by atoms with Crippen LogP contribution in [0.1, 0.15) is 5.69 Å². The molecule has 0 aliphatic rings. The van der Waals surface area contributed by atoms with Gasteiger partial charge in [0.05, 0.1) is 16.4 Å². The predicted molar refractivity (Wildman–Crippen MR) is 56.7 cm³/mol. The normalized spacial score (nSPS) is 10.5. The summed E-state index contributed by atoms with van der Waals surface area (Å²) in [5, 5.41) is 4.28. The molecule has 0 saturated carbocycles. The molecule has 0 amide bonds. The number of nitrogens with zero attached hydrogens (tertiary/aromatic N) is 4. The average Bonchev–Trinajstić information content (AvgIpc) is 2.47. The summed E-state index contributed by atoms with van der Waals surface area (Å²) in [6, 6.07) is 0. The molecule has 72 valence electrons. The Morgan fingerprint density at radius 1 is 1.29 bits per heavy atom. The fraction of sp³-hybridized carbons (Fsp3) is 0.222. The molecule has 2 aromatic heterocycles. The lowest BCUT2D eigenvalue weighted by Crippen LogP contribution is -1.91. The van der Waals surface area contributed by atoms with Gasteiger partial charge < -0.3 is 0 Å². The molecule has 0 bridgehead atoms. The molecule has 0 aromatic carbocycles. The van der Waals surface area contributed by atoms with E-state index in [0.717, 1.165) is 21.6 Å². The van der Waals surface area contributed by atoms with E-state index < -0.39 is 0 Å². The van der Waals surface area contributed by atoms with Crippen LogP contribution in [0.2, 0.25) is 0 Å². The average molecular weight is 253 g/mol. The lowest BCUT2D eigenvalue weighted by molar-refractivity contribution is 0.769. The smallest absolute Gasteiger partial charge is 0.126 e. The standard InChI is InChI=1S/C9H9BrN4/c1-6-3-12-8(4-11-6)9-7(10)5-14(2)13-9/h3-5H,1-2H3. The molecular weight excluding hydrogens is 244 g/mol. The second-order valence-electron chi connectivity index (χ2n) is 3.04. The number of aromatic nitrogens is 4. The molecule has 0 aliphatic carbocycles. The number of aryl methyl sites for hydroxylation is 2. The molecule has 0 atom stereocenters. The lowest BCUT2D eigenvalue weighted by atomic mass is 10.3. The molecule has 2 aromatic rings. The van der Waals surface area contributed by atoms with Crippen LogP contribution < -0.4 is 0 Å². The van der Waals surface area contributed by atoms with Crippen molar-refractivity contribution in [1.82, 2.24) is 19.7 Å². The first kappa shape index (κ1) is 9.33. The van der Waals surface area contributed by atoms with Crippen molar-refractivity contribution in [2.24, 2.45) is 7.05 Å². The monoisotopic (exact) mass is 252 g/mol. The number of hydrogen-bond donors (Lipinski definition) is 0. The van der Waals surface area contributed by atoms with E-state index in [0.29, 0.717) is 0 Å². The van der Waals surface area contributed by atoms with Crippen LogP contribution in [0.3, 0.4) is 0 Å². The summed E-state index contributed by atoms with van der Waals surface area (Å²) in [7, 11) is 1.87. The third-order valence-electron chi connectivity index (χ3n) is 1.81. The van der Waals surface area contributed by atoms with Gasteiger partial charge in [-0.1, -0.05) is 0 Å². The van der Waals surface area contributed by atoms with E-state index in [1.54, 1.807) is 17.1 Å². The van der Waals surface area contributed by atoms with Crippen molar-refractivity contribution in [2.75, 3.05) is 0 Å². The maximum atomic E-state index is 4.28. The Hall–Kier alpha value is -1.23. The van der Waals surface area contributed by atoms with E-state index in [-0.39, 0.29) is 0 Å². The van der Waals surface area contributed by atoms with Crippen molar-refractivity contribution in [3.8, 4) is 11.4 Å². The summed E-state index contributed by atoms with van der Waals surface area (Å²) < 4.78 is 2.67. The molecule has 0 aliphatic heterocycles. The molecule has 0 N–H and O–H groups in total. The van der Waals surface area contributed by atoms with Crippen LogP contribution in [0.15, 0.2) is 23.1 Å². The van der Waals surface area contributed by atoms with Crippen LogP contribution in [-0.2, 0) is 7.05 Å². The Labute approximate surface area is 90.1 Å². The minimum atomic E-state index is 0.781. The first-order chi connectivity index (χ1) is 6.66. The highest BCUT2D eigenvalue weighted by Crippen LogP contribution is 2.23. The van der Waals surface area contributed by atoms with Gasteiger partial charge in [-0.15, -0.1) is 0 Å². The molecule has 0 fully saturated rings. The molecule has 0 unspecified atom stereocenters. The third-order valence-corrected chi connectivity index (χ3v) is 2.39. The Kier molecular flexibility index (Phi) is 2.33. The van der Waals surface area contributed by atoms with Crippen LogP contribution in [0.25, 0.3) is 11.4 Å². The van der Waals surface area contributed by atoms with Crippen molar-refractivity contribution >= 4 is 15.9 Å². The first-order valence-corrected chi connectivity index (χ1v) is 4.94. The molecule has 4 nitrogen and oxygen atoms in total. The van der Waals surface area contributed by atoms with Gasteiger partial charge in [0.25, 0.3) is 0 Å². The van der Waals surface area contributed by atoms with Gasteiger partial charge in [-0.05, 0) is 22.9 Å². The predicted octanol–water partition coefficient (Wildman–Crippen LogP) is 1.95. The number of halogens is 1. The third kappa shape index (κ3) is 1.68. The number of hydrogen-bond acceptors (Lipinski definition) is 3. The van der Waals surface area contributed by atoms with Crippen molar-refractivity contribution < 1.29 is 0 Å². The van der Waals surface area contributed by atoms with E-state index in [9.17, 15) is 0 Å². The van der Waals surface area contributed by atoms with Gasteiger partial charge in [-0.2, -0.15) is 5.10 Å². The summed E-state index contributed by atoms with van der Waals surface area (Å²) in [6.45, 7) is 1.91. The van der Waals surface area contributed by atoms with E-state index in [1.165, 1.54) is 0 Å². The Balaban J connectivity index is 2.49. The first-order valence-electron chi connectivity index (χ1n) is 4.15. The van der Waals surface area contributed by atoms with Crippen LogP contribution in [0.5, 0.6) is 0 Å². The zero-order valence-corrected chi connectivity index (χ0v) is 9.48.